The van der Waals surface area contributed by atoms with Crippen molar-refractivity contribution in [3.8, 4) is 0 Å². The first-order chi connectivity index (χ1) is 8.73. The summed E-state index contributed by atoms with van der Waals surface area (Å²) in [5.74, 6) is -2.49. The van der Waals surface area contributed by atoms with Crippen LogP contribution in [0.3, 0.4) is 0 Å². The van der Waals surface area contributed by atoms with Crippen molar-refractivity contribution in [1.29, 1.82) is 0 Å². The van der Waals surface area contributed by atoms with E-state index >= 15 is 0 Å². The van der Waals surface area contributed by atoms with E-state index in [9.17, 15) is 22.8 Å². The largest absolute Gasteiger partial charge is 0.465 e. The van der Waals surface area contributed by atoms with Crippen LogP contribution in [-0.2, 0) is 19.1 Å². The molecule has 0 amide bonds. The number of rotatable bonds is 7. The van der Waals surface area contributed by atoms with E-state index in [4.69, 9.17) is 0 Å². The monoisotopic (exact) mass is 282 g/mol. The van der Waals surface area contributed by atoms with Crippen molar-refractivity contribution in [1.82, 2.24) is 0 Å². The lowest BCUT2D eigenvalue weighted by Gasteiger charge is -2.28. The molecule has 0 atom stereocenters. The lowest BCUT2D eigenvalue weighted by Crippen LogP contribution is -2.45. The normalized spacial score (nSPS) is 11.8. The van der Waals surface area contributed by atoms with Crippen molar-refractivity contribution < 1.29 is 32.2 Å². The van der Waals surface area contributed by atoms with Crippen LogP contribution in [0.1, 0.15) is 26.7 Å². The number of carbonyl (C=O) groups excluding carboxylic acids is 2. The fourth-order valence-corrected chi connectivity index (χ4v) is 1.59. The van der Waals surface area contributed by atoms with Crippen LogP contribution in [-0.4, -0.2) is 31.3 Å². The SMILES string of the molecule is C=CCC(CC(F)(F)F)(C(=O)OCC)C(=O)OCC. The van der Waals surface area contributed by atoms with Crippen molar-refractivity contribution in [3.05, 3.63) is 12.7 Å². The summed E-state index contributed by atoms with van der Waals surface area (Å²) in [6.07, 6.45) is -5.77. The smallest absolute Gasteiger partial charge is 0.390 e. The molecule has 0 unspecified atom stereocenters. The van der Waals surface area contributed by atoms with Gasteiger partial charge in [0.1, 0.15) is 0 Å². The van der Waals surface area contributed by atoms with Gasteiger partial charge in [0.25, 0.3) is 0 Å². The van der Waals surface area contributed by atoms with Gasteiger partial charge in [-0.2, -0.15) is 13.2 Å². The standard InChI is InChI=1S/C12H17F3O4/c1-4-7-11(8-12(13,14)15,9(16)18-5-2)10(17)19-6-3/h4H,1,5-8H2,2-3H3. The molecule has 0 heterocycles. The molecule has 0 bridgehead atoms. The molecule has 0 radical (unpaired) electrons. The molecule has 0 saturated heterocycles. The van der Waals surface area contributed by atoms with Gasteiger partial charge in [0, 0.05) is 0 Å². The lowest BCUT2D eigenvalue weighted by atomic mass is 9.80. The summed E-state index contributed by atoms with van der Waals surface area (Å²) < 4.78 is 47.0. The number of alkyl halides is 3. The molecule has 0 aromatic heterocycles. The minimum absolute atomic E-state index is 0.130. The second kappa shape index (κ2) is 7.16. The van der Waals surface area contributed by atoms with Crippen LogP contribution >= 0.6 is 0 Å². The molecule has 0 aliphatic heterocycles. The molecular formula is C12H17F3O4. The second-order valence-electron chi connectivity index (χ2n) is 3.81. The number of allylic oxidation sites excluding steroid dienone is 1. The minimum atomic E-state index is -4.71. The predicted molar refractivity (Wildman–Crippen MR) is 61.2 cm³/mol. The highest BCUT2D eigenvalue weighted by Crippen LogP contribution is 2.39. The van der Waals surface area contributed by atoms with Crippen molar-refractivity contribution in [3.63, 3.8) is 0 Å². The fourth-order valence-electron chi connectivity index (χ4n) is 1.59. The Balaban J connectivity index is 5.51. The van der Waals surface area contributed by atoms with Gasteiger partial charge in [0.05, 0.1) is 19.6 Å². The Hall–Kier alpha value is -1.53. The molecule has 0 rings (SSSR count). The van der Waals surface area contributed by atoms with Gasteiger partial charge in [-0.05, 0) is 20.3 Å². The third kappa shape index (κ3) is 4.92. The topological polar surface area (TPSA) is 52.6 Å². The van der Waals surface area contributed by atoms with E-state index in [1.165, 1.54) is 13.8 Å². The van der Waals surface area contributed by atoms with Gasteiger partial charge in [-0.1, -0.05) is 6.08 Å². The molecule has 0 saturated carbocycles. The summed E-state index contributed by atoms with van der Waals surface area (Å²) in [5.41, 5.74) is -2.41. The average Bonchev–Trinajstić information content (AvgIpc) is 2.27. The van der Waals surface area contributed by atoms with Crippen LogP contribution in [0.25, 0.3) is 0 Å². The zero-order valence-electron chi connectivity index (χ0n) is 10.9. The maximum atomic E-state index is 12.6. The highest BCUT2D eigenvalue weighted by atomic mass is 19.4. The summed E-state index contributed by atoms with van der Waals surface area (Å²) in [7, 11) is 0. The third-order valence-corrected chi connectivity index (χ3v) is 2.33. The molecule has 0 aliphatic carbocycles. The number of carbonyl (C=O) groups is 2. The summed E-state index contributed by atoms with van der Waals surface area (Å²) in [6.45, 7) is 5.90. The van der Waals surface area contributed by atoms with Crippen LogP contribution in [0.15, 0.2) is 12.7 Å². The van der Waals surface area contributed by atoms with Gasteiger partial charge in [-0.3, -0.25) is 9.59 Å². The predicted octanol–water partition coefficient (Wildman–Crippen LogP) is 2.63. The van der Waals surface area contributed by atoms with E-state index in [1.54, 1.807) is 0 Å². The summed E-state index contributed by atoms with van der Waals surface area (Å²) in [4.78, 5) is 23.6. The Morgan fingerprint density at radius 2 is 1.53 bits per heavy atom. The second-order valence-corrected chi connectivity index (χ2v) is 3.81. The Morgan fingerprint density at radius 1 is 1.11 bits per heavy atom. The Bertz CT molecular complexity index is 318. The first-order valence-electron chi connectivity index (χ1n) is 5.75. The van der Waals surface area contributed by atoms with Crippen LogP contribution in [0.2, 0.25) is 0 Å². The van der Waals surface area contributed by atoms with E-state index in [0.717, 1.165) is 6.08 Å². The summed E-state index contributed by atoms with van der Waals surface area (Å²) >= 11 is 0. The molecular weight excluding hydrogens is 265 g/mol. The van der Waals surface area contributed by atoms with Crippen molar-refractivity contribution in [2.24, 2.45) is 5.41 Å². The zero-order chi connectivity index (χ0) is 15.1. The van der Waals surface area contributed by atoms with Crippen LogP contribution in [0.4, 0.5) is 13.2 Å². The first-order valence-corrected chi connectivity index (χ1v) is 5.75. The Morgan fingerprint density at radius 3 is 1.79 bits per heavy atom. The molecule has 7 heteroatoms. The quantitative estimate of drug-likeness (QED) is 0.409. The van der Waals surface area contributed by atoms with Crippen LogP contribution < -0.4 is 0 Å². The van der Waals surface area contributed by atoms with Gasteiger partial charge in [-0.15, -0.1) is 6.58 Å². The maximum absolute atomic E-state index is 12.6. The maximum Gasteiger partial charge on any atom is 0.390 e. The molecule has 0 N–H and O–H groups in total. The molecule has 0 aliphatic rings. The Kier molecular flexibility index (Phi) is 6.58. The molecule has 0 spiro atoms. The van der Waals surface area contributed by atoms with Gasteiger partial charge >= 0.3 is 18.1 Å². The van der Waals surface area contributed by atoms with Gasteiger partial charge in [-0.25, -0.2) is 0 Å². The summed E-state index contributed by atoms with van der Waals surface area (Å²) in [6, 6.07) is 0. The minimum Gasteiger partial charge on any atom is -0.465 e. The molecule has 0 fully saturated rings. The molecule has 0 aromatic carbocycles. The molecule has 0 aromatic rings. The first kappa shape index (κ1) is 17.5. The number of esters is 2. The molecule has 19 heavy (non-hydrogen) atoms. The van der Waals surface area contributed by atoms with E-state index in [-0.39, 0.29) is 13.2 Å². The van der Waals surface area contributed by atoms with E-state index in [0.29, 0.717) is 0 Å². The number of hydrogen-bond acceptors (Lipinski definition) is 4. The number of hydrogen-bond donors (Lipinski definition) is 0. The lowest BCUT2D eigenvalue weighted by molar-refractivity contribution is -0.195. The van der Waals surface area contributed by atoms with Gasteiger partial charge in [0.2, 0.25) is 0 Å². The number of halogens is 3. The zero-order valence-corrected chi connectivity index (χ0v) is 10.9. The van der Waals surface area contributed by atoms with Crippen molar-refractivity contribution in [2.75, 3.05) is 13.2 Å². The Labute approximate surface area is 109 Å². The van der Waals surface area contributed by atoms with Gasteiger partial charge < -0.3 is 9.47 Å². The van der Waals surface area contributed by atoms with Crippen LogP contribution in [0, 0.1) is 5.41 Å². The van der Waals surface area contributed by atoms with E-state index in [2.05, 4.69) is 16.1 Å². The number of ether oxygens (including phenoxy) is 2. The van der Waals surface area contributed by atoms with E-state index in [1.807, 2.05) is 0 Å². The molecule has 110 valence electrons. The highest BCUT2D eigenvalue weighted by Gasteiger charge is 2.54. The fraction of sp³-hybridized carbons (Fsp3) is 0.667. The van der Waals surface area contributed by atoms with Crippen molar-refractivity contribution in [2.45, 2.75) is 32.9 Å². The highest BCUT2D eigenvalue weighted by molar-refractivity contribution is 6.00. The average molecular weight is 282 g/mol. The van der Waals surface area contributed by atoms with Gasteiger partial charge in [0.15, 0.2) is 5.41 Å². The summed E-state index contributed by atoms with van der Waals surface area (Å²) in [5, 5.41) is 0. The van der Waals surface area contributed by atoms with Crippen LogP contribution in [0.5, 0.6) is 0 Å². The van der Waals surface area contributed by atoms with E-state index < -0.39 is 36.4 Å². The van der Waals surface area contributed by atoms with Crippen molar-refractivity contribution >= 4 is 11.9 Å². The molecule has 4 nitrogen and oxygen atoms in total. The third-order valence-electron chi connectivity index (χ3n) is 2.33.